The Labute approximate surface area is 146 Å². The molecule has 132 valence electrons. The second-order valence-electron chi connectivity index (χ2n) is 4.89. The van der Waals surface area contributed by atoms with E-state index >= 15 is 0 Å². The molecule has 1 unspecified atom stereocenters. The van der Waals surface area contributed by atoms with Crippen molar-refractivity contribution in [1.82, 2.24) is 10.6 Å². The molecule has 0 aromatic rings. The van der Waals surface area contributed by atoms with Crippen LogP contribution in [0.5, 0.6) is 0 Å². The van der Waals surface area contributed by atoms with Gasteiger partial charge in [0.05, 0.1) is 25.1 Å². The number of hydrogen-bond acceptors (Lipinski definition) is 6. The maximum Gasteiger partial charge on any atom is 0.246 e. The van der Waals surface area contributed by atoms with E-state index in [1.54, 1.807) is 0 Å². The molecule has 1 atom stereocenters. The zero-order valence-corrected chi connectivity index (χ0v) is 15.8. The van der Waals surface area contributed by atoms with Crippen molar-refractivity contribution in [2.75, 3.05) is 32.3 Å². The molecule has 0 aliphatic heterocycles. The van der Waals surface area contributed by atoms with Gasteiger partial charge in [0.2, 0.25) is 11.8 Å². The van der Waals surface area contributed by atoms with E-state index in [0.717, 1.165) is 0 Å². The number of carbonyl (C=O) groups is 2. The van der Waals surface area contributed by atoms with Crippen LogP contribution in [0.25, 0.3) is 0 Å². The fraction of sp³-hybridized carbons (Fsp3) is 0.733. The van der Waals surface area contributed by atoms with Gasteiger partial charge in [-0.1, -0.05) is 47.3 Å². The summed E-state index contributed by atoms with van der Waals surface area (Å²) in [6.45, 7) is 8.52. The standard InChI is InChI=1S/C15H26N2O4S2/c1-12(2)6-5-7-16-15(19)10-20-8-9-21-11-22-23-14(4)17-13(3)18/h12,14H,7-11H2,1-4H3,(H,16,19)(H,17,18). The number of rotatable bonds is 11. The SMILES string of the molecule is CC(=O)NC(C)SSCOCCOCC(=O)NCC#CC(C)C. The molecule has 6 nitrogen and oxygen atoms in total. The molecule has 0 radical (unpaired) electrons. The van der Waals surface area contributed by atoms with Crippen LogP contribution >= 0.6 is 21.6 Å². The fourth-order valence-corrected chi connectivity index (χ4v) is 3.05. The Kier molecular flexibility index (Phi) is 14.1. The van der Waals surface area contributed by atoms with Crippen molar-refractivity contribution in [3.05, 3.63) is 0 Å². The molecule has 0 aliphatic carbocycles. The maximum atomic E-state index is 11.4. The summed E-state index contributed by atoms with van der Waals surface area (Å²) in [5, 5.41) is 5.46. The summed E-state index contributed by atoms with van der Waals surface area (Å²) in [5.74, 6) is 6.40. The minimum atomic E-state index is -0.183. The zero-order valence-electron chi connectivity index (χ0n) is 14.1. The molecule has 2 N–H and O–H groups in total. The molecular weight excluding hydrogens is 336 g/mol. The Bertz CT molecular complexity index is 408. The van der Waals surface area contributed by atoms with Crippen molar-refractivity contribution in [1.29, 1.82) is 0 Å². The second kappa shape index (κ2) is 14.7. The summed E-state index contributed by atoms with van der Waals surface area (Å²) in [4.78, 5) is 22.2. The number of carbonyl (C=O) groups excluding carboxylic acids is 2. The van der Waals surface area contributed by atoms with E-state index in [9.17, 15) is 9.59 Å². The van der Waals surface area contributed by atoms with Crippen LogP contribution in [-0.4, -0.2) is 49.5 Å². The largest absolute Gasteiger partial charge is 0.369 e. The number of hydrogen-bond donors (Lipinski definition) is 2. The third-order valence-corrected chi connectivity index (χ3v) is 4.49. The Morgan fingerprint density at radius 3 is 2.52 bits per heavy atom. The van der Waals surface area contributed by atoms with Crippen molar-refractivity contribution < 1.29 is 19.1 Å². The van der Waals surface area contributed by atoms with Crippen molar-refractivity contribution in [3.8, 4) is 11.8 Å². The third kappa shape index (κ3) is 17.3. The van der Waals surface area contributed by atoms with Gasteiger partial charge in [0.25, 0.3) is 0 Å². The lowest BCUT2D eigenvalue weighted by Crippen LogP contribution is -2.28. The molecule has 0 aromatic heterocycles. The van der Waals surface area contributed by atoms with E-state index in [1.807, 2.05) is 20.8 Å². The Morgan fingerprint density at radius 1 is 1.17 bits per heavy atom. The highest BCUT2D eigenvalue weighted by Crippen LogP contribution is 2.24. The van der Waals surface area contributed by atoms with Crippen molar-refractivity contribution in [2.45, 2.75) is 33.1 Å². The lowest BCUT2D eigenvalue weighted by Gasteiger charge is -2.11. The number of amides is 2. The first-order valence-corrected chi connectivity index (χ1v) is 9.76. The van der Waals surface area contributed by atoms with Gasteiger partial charge in [-0.25, -0.2) is 0 Å². The topological polar surface area (TPSA) is 76.7 Å². The minimum Gasteiger partial charge on any atom is -0.369 e. The van der Waals surface area contributed by atoms with Crippen LogP contribution in [0.1, 0.15) is 27.7 Å². The van der Waals surface area contributed by atoms with Gasteiger partial charge in [-0.3, -0.25) is 9.59 Å². The molecule has 0 bridgehead atoms. The van der Waals surface area contributed by atoms with Crippen molar-refractivity contribution in [2.24, 2.45) is 5.92 Å². The van der Waals surface area contributed by atoms with Crippen LogP contribution in [0.3, 0.4) is 0 Å². The van der Waals surface area contributed by atoms with Crippen LogP contribution in [-0.2, 0) is 19.1 Å². The van der Waals surface area contributed by atoms with E-state index in [2.05, 4.69) is 22.5 Å². The van der Waals surface area contributed by atoms with Gasteiger partial charge in [-0.2, -0.15) is 0 Å². The molecule has 0 rings (SSSR count). The van der Waals surface area contributed by atoms with E-state index < -0.39 is 0 Å². The molecule has 0 fully saturated rings. The van der Waals surface area contributed by atoms with E-state index in [-0.39, 0.29) is 23.8 Å². The lowest BCUT2D eigenvalue weighted by molar-refractivity contribution is -0.125. The molecule has 2 amide bonds. The molecule has 0 saturated heterocycles. The van der Waals surface area contributed by atoms with Crippen LogP contribution in [0.15, 0.2) is 0 Å². The fourth-order valence-electron chi connectivity index (χ4n) is 1.26. The first-order valence-electron chi connectivity index (χ1n) is 7.37. The lowest BCUT2D eigenvalue weighted by atomic mass is 10.2. The highest BCUT2D eigenvalue weighted by atomic mass is 33.1. The van der Waals surface area contributed by atoms with Gasteiger partial charge in [0.1, 0.15) is 12.5 Å². The average molecular weight is 363 g/mol. The summed E-state index contributed by atoms with van der Waals surface area (Å²) in [6, 6.07) is 0. The molecule has 0 heterocycles. The molecular formula is C15H26N2O4S2. The zero-order chi connectivity index (χ0) is 17.5. The van der Waals surface area contributed by atoms with Crippen LogP contribution in [0.4, 0.5) is 0 Å². The Hall–Kier alpha value is -0.880. The minimum absolute atomic E-state index is 0.00811. The van der Waals surface area contributed by atoms with E-state index in [1.165, 1.54) is 28.5 Å². The molecule has 23 heavy (non-hydrogen) atoms. The second-order valence-corrected chi connectivity index (χ2v) is 7.54. The summed E-state index contributed by atoms with van der Waals surface area (Å²) < 4.78 is 10.5. The molecule has 0 aromatic carbocycles. The quantitative estimate of drug-likeness (QED) is 0.252. The predicted octanol–water partition coefficient (Wildman–Crippen LogP) is 1.62. The summed E-state index contributed by atoms with van der Waals surface area (Å²) >= 11 is 0. The Morgan fingerprint density at radius 2 is 1.87 bits per heavy atom. The maximum absolute atomic E-state index is 11.4. The highest BCUT2D eigenvalue weighted by Gasteiger charge is 2.04. The van der Waals surface area contributed by atoms with Gasteiger partial charge < -0.3 is 20.1 Å². The van der Waals surface area contributed by atoms with E-state index in [4.69, 9.17) is 9.47 Å². The molecule has 0 aliphatic rings. The summed E-state index contributed by atoms with van der Waals surface area (Å²) in [5.41, 5.74) is 0. The summed E-state index contributed by atoms with van der Waals surface area (Å²) in [6.07, 6.45) is 0. The van der Waals surface area contributed by atoms with E-state index in [0.29, 0.717) is 31.6 Å². The average Bonchev–Trinajstić information content (AvgIpc) is 2.45. The first kappa shape index (κ1) is 22.1. The van der Waals surface area contributed by atoms with Gasteiger partial charge in [0.15, 0.2) is 0 Å². The van der Waals surface area contributed by atoms with Crippen LogP contribution in [0, 0.1) is 17.8 Å². The summed E-state index contributed by atoms with van der Waals surface area (Å²) in [7, 11) is 3.04. The first-order chi connectivity index (χ1) is 10.9. The van der Waals surface area contributed by atoms with Gasteiger partial charge in [-0.05, 0) is 6.92 Å². The number of nitrogens with one attached hydrogen (secondary N) is 2. The van der Waals surface area contributed by atoms with Crippen molar-refractivity contribution in [3.63, 3.8) is 0 Å². The highest BCUT2D eigenvalue weighted by molar-refractivity contribution is 8.76. The molecule has 8 heteroatoms. The van der Waals surface area contributed by atoms with Crippen LogP contribution < -0.4 is 10.6 Å². The Balaban J connectivity index is 3.38. The molecule has 0 saturated carbocycles. The number of ether oxygens (including phenoxy) is 2. The van der Waals surface area contributed by atoms with Gasteiger partial charge in [-0.15, -0.1) is 0 Å². The monoisotopic (exact) mass is 362 g/mol. The van der Waals surface area contributed by atoms with Gasteiger partial charge in [0, 0.05) is 12.8 Å². The van der Waals surface area contributed by atoms with Crippen LogP contribution in [0.2, 0.25) is 0 Å². The normalized spacial score (nSPS) is 11.5. The third-order valence-electron chi connectivity index (χ3n) is 2.12. The smallest absolute Gasteiger partial charge is 0.246 e. The predicted molar refractivity (Wildman–Crippen MR) is 95.7 cm³/mol. The van der Waals surface area contributed by atoms with Gasteiger partial charge >= 0.3 is 0 Å². The van der Waals surface area contributed by atoms with Crippen molar-refractivity contribution >= 4 is 33.4 Å². The molecule has 0 spiro atoms.